The molecule has 0 bridgehead atoms. The standard InChI is InChI=1S/C35H48N16O24P4/c1-48-11-51(27-18(48)29(56)47-34(38)45-27)30-19(52)12(4-39-35(57)67-3)13(71-30)5-69-77(60,61)74-79(64,65)75-78(62,63)70-7-15-23(22(66-2)32(73-15)49-9-42-16-24(36)40-8-41-25(16)49)76(58,59)68-6-14-20(53)21(54)31(72-14)50-10-43-17-26(50)44-33(37)46-28(17)55/h8-15,19-23,30-32,52-54H,4-7H2,1-3H3,(H12-,36,37,38,39,40,41,44,45,46,47,55,56,57,58,59,60,61,62,63,64,65)/p+1/t12-,13-,14-,15-,19-,20-,21-,22-,23-,30-,31-,32-/m1/s1. The maximum atomic E-state index is 14.4. The number of aliphatic hydroxyl groups excluding tert-OH is 3. The highest BCUT2D eigenvalue weighted by molar-refractivity contribution is 7.66. The van der Waals surface area contributed by atoms with Gasteiger partial charge in [0.2, 0.25) is 17.7 Å². The van der Waals surface area contributed by atoms with E-state index in [9.17, 15) is 67.5 Å². The van der Waals surface area contributed by atoms with Crippen molar-refractivity contribution in [3.63, 3.8) is 0 Å². The highest BCUT2D eigenvalue weighted by Gasteiger charge is 2.58. The van der Waals surface area contributed by atoms with Gasteiger partial charge in [0.15, 0.2) is 41.4 Å². The molecule has 0 aliphatic carbocycles. The molecular weight excluding hydrogens is 1150 g/mol. The summed E-state index contributed by atoms with van der Waals surface area (Å²) < 4.78 is 111. The number of ether oxygens (including phenoxy) is 5. The lowest BCUT2D eigenvalue weighted by Gasteiger charge is -2.28. The van der Waals surface area contributed by atoms with Gasteiger partial charge in [0.25, 0.3) is 17.1 Å². The smallest absolute Gasteiger partial charge is 0.453 e. The van der Waals surface area contributed by atoms with Crippen LogP contribution in [0.15, 0.2) is 34.9 Å². The Bertz CT molecular complexity index is 3620. The second-order valence-electron chi connectivity index (χ2n) is 17.5. The predicted octanol–water partition coefficient (Wildman–Crippen LogP) is -4.03. The minimum Gasteiger partial charge on any atom is -0.453 e. The fourth-order valence-electron chi connectivity index (χ4n) is 9.10. The van der Waals surface area contributed by atoms with E-state index < -0.39 is 148 Å². The highest BCUT2D eigenvalue weighted by atomic mass is 31.3. The summed E-state index contributed by atoms with van der Waals surface area (Å²) >= 11 is 0. The van der Waals surface area contributed by atoms with Gasteiger partial charge in [-0.25, -0.2) is 43.0 Å². The Morgan fingerprint density at radius 3 is 2.03 bits per heavy atom. The third-order valence-electron chi connectivity index (χ3n) is 12.6. The van der Waals surface area contributed by atoms with Gasteiger partial charge in [-0.05, 0) is 0 Å². The number of phosphoric acid groups is 3. The Hall–Kier alpha value is -5.80. The molecule has 0 aromatic carbocycles. The van der Waals surface area contributed by atoms with E-state index in [1.54, 1.807) is 0 Å². The number of nitrogens with one attached hydrogen (secondary N) is 3. The second kappa shape index (κ2) is 21.9. The van der Waals surface area contributed by atoms with Crippen molar-refractivity contribution in [1.82, 2.24) is 58.9 Å². The van der Waals surface area contributed by atoms with Crippen LogP contribution in [-0.2, 0) is 71.2 Å². The molecule has 1 amide bonds. The van der Waals surface area contributed by atoms with Gasteiger partial charge >= 0.3 is 42.8 Å². The van der Waals surface area contributed by atoms with Gasteiger partial charge in [-0.2, -0.15) is 13.6 Å². The first-order chi connectivity index (χ1) is 37.1. The number of alkyl carbamates (subject to hydrolysis) is 1. The van der Waals surface area contributed by atoms with E-state index in [1.807, 2.05) is 0 Å². The Labute approximate surface area is 438 Å². The average Bonchev–Trinajstić information content (AvgIpc) is 4.44. The number of carbonyl (C=O) groups is 1. The van der Waals surface area contributed by atoms with Gasteiger partial charge in [0, 0.05) is 19.6 Å². The molecule has 3 aliphatic rings. The normalized spacial score (nSPS) is 29.4. The van der Waals surface area contributed by atoms with Crippen molar-refractivity contribution in [2.75, 3.05) is 57.8 Å². The summed E-state index contributed by atoms with van der Waals surface area (Å²) in [6.07, 6.45) is -12.8. The van der Waals surface area contributed by atoms with Crippen molar-refractivity contribution < 1.29 is 108 Å². The number of aromatic amines is 2. The summed E-state index contributed by atoms with van der Waals surface area (Å²) in [5.74, 6) is -1.97. The summed E-state index contributed by atoms with van der Waals surface area (Å²) in [6, 6.07) is 0. The molecule has 9 rings (SSSR count). The van der Waals surface area contributed by atoms with Crippen LogP contribution in [0.25, 0.3) is 33.5 Å². The van der Waals surface area contributed by atoms with Crippen LogP contribution in [0.4, 0.5) is 22.5 Å². The molecule has 44 heteroatoms. The number of aryl methyl sites for hydroxylation is 1. The lowest BCUT2D eigenvalue weighted by Crippen LogP contribution is -2.46. The number of rotatable bonds is 20. The van der Waals surface area contributed by atoms with Crippen LogP contribution in [0.2, 0.25) is 0 Å². The molecule has 3 saturated heterocycles. The minimum absolute atomic E-state index is 0.0141. The largest absolute Gasteiger partial charge is 0.490 e. The number of hydrogen-bond acceptors (Lipinski definition) is 29. The van der Waals surface area contributed by atoms with E-state index >= 15 is 0 Å². The molecule has 432 valence electrons. The topological polar surface area (TPSA) is 571 Å². The van der Waals surface area contributed by atoms with Gasteiger partial charge in [-0.15, -0.1) is 0 Å². The van der Waals surface area contributed by atoms with E-state index in [0.29, 0.717) is 0 Å². The van der Waals surface area contributed by atoms with Gasteiger partial charge in [0.05, 0.1) is 52.7 Å². The number of carbonyl (C=O) groups excluding carboxylic acids is 1. The molecule has 4 unspecified atom stereocenters. The van der Waals surface area contributed by atoms with Crippen molar-refractivity contribution in [2.24, 2.45) is 13.0 Å². The monoisotopic (exact) mass is 1200 g/mol. The molecule has 16 atom stereocenters. The minimum atomic E-state index is -6.26. The molecule has 3 fully saturated rings. The Morgan fingerprint density at radius 1 is 0.747 bits per heavy atom. The number of aromatic nitrogens is 12. The molecule has 6 aromatic rings. The molecule has 3 aliphatic heterocycles. The summed E-state index contributed by atoms with van der Waals surface area (Å²) in [6.45, 7) is -3.82. The summed E-state index contributed by atoms with van der Waals surface area (Å²) in [5.41, 5.74) is 13.5. The molecule has 16 N–H and O–H groups in total. The van der Waals surface area contributed by atoms with Gasteiger partial charge < -0.3 is 85.6 Å². The summed E-state index contributed by atoms with van der Waals surface area (Å²) in [7, 11) is -19.9. The third-order valence-corrected chi connectivity index (χ3v) is 18.7. The predicted molar refractivity (Wildman–Crippen MR) is 256 cm³/mol. The summed E-state index contributed by atoms with van der Waals surface area (Å²) in [4.78, 5) is 109. The number of nitrogens with zero attached hydrogens (tertiary/aromatic N) is 10. The van der Waals surface area contributed by atoms with E-state index in [1.165, 1.54) is 27.1 Å². The van der Waals surface area contributed by atoms with Crippen LogP contribution < -0.4 is 38.2 Å². The molecule has 9 heterocycles. The molecule has 79 heavy (non-hydrogen) atoms. The van der Waals surface area contributed by atoms with Crippen molar-refractivity contribution >= 4 is 88.4 Å². The maximum absolute atomic E-state index is 14.4. The first-order valence-electron chi connectivity index (χ1n) is 22.6. The van der Waals surface area contributed by atoms with Crippen molar-refractivity contribution in [3.05, 3.63) is 46.0 Å². The zero-order valence-electron chi connectivity index (χ0n) is 40.6. The SMILES string of the molecule is COC(=O)NC[C@H]1[C@@H](O)[C@H]([n+]2cn(C)c3c(=O)[nH]c(N)nc32)O[C@@H]1COP(=O)(O)OP(=O)(O)OP(=O)(O)OC[C@H]1O[C@@H](n2cnc3c(N)ncnc32)[C@H](OC)[C@@H]1P(=O)(O)OC[C@H]1O[C@@H](n2cnc3c(=O)[nH]c(N)nc32)[C@H](O)[C@@H]1O. The van der Waals surface area contributed by atoms with Crippen LogP contribution in [0.3, 0.4) is 0 Å². The fraction of sp³-hybridized carbons (Fsp3) is 0.543. The van der Waals surface area contributed by atoms with E-state index in [-0.39, 0.29) is 51.2 Å². The van der Waals surface area contributed by atoms with Crippen LogP contribution in [-0.4, -0.2) is 184 Å². The number of nitrogens with two attached hydrogens (primary N) is 3. The zero-order chi connectivity index (χ0) is 57.3. The van der Waals surface area contributed by atoms with Crippen molar-refractivity contribution in [2.45, 2.75) is 67.1 Å². The number of amides is 1. The first-order valence-corrected chi connectivity index (χ1v) is 28.7. The average molecular weight is 1200 g/mol. The Kier molecular flexibility index (Phi) is 16.1. The number of fused-ring (bicyclic) bond motifs is 3. The number of anilines is 3. The lowest BCUT2D eigenvalue weighted by atomic mass is 9.98. The number of hydrogen-bond donors (Lipinski definition) is 13. The third kappa shape index (κ3) is 11.6. The molecular formula is C35H49N16O24P4+. The van der Waals surface area contributed by atoms with Crippen LogP contribution in [0, 0.1) is 5.92 Å². The van der Waals surface area contributed by atoms with Crippen LogP contribution in [0.1, 0.15) is 18.7 Å². The summed E-state index contributed by atoms with van der Waals surface area (Å²) in [5, 5.41) is 35.7. The number of phosphoric ester groups is 2. The number of methoxy groups -OCH3 is 2. The molecule has 0 saturated carbocycles. The van der Waals surface area contributed by atoms with Crippen molar-refractivity contribution in [3.8, 4) is 0 Å². The van der Waals surface area contributed by atoms with Gasteiger partial charge in [0.1, 0.15) is 54.1 Å². The zero-order valence-corrected chi connectivity index (χ0v) is 44.2. The van der Waals surface area contributed by atoms with E-state index in [2.05, 4.69) is 58.5 Å². The molecule has 0 spiro atoms. The maximum Gasteiger partial charge on any atom is 0.490 e. The van der Waals surface area contributed by atoms with Crippen LogP contribution >= 0.6 is 31.1 Å². The van der Waals surface area contributed by atoms with E-state index in [0.717, 1.165) is 37.8 Å². The second-order valence-corrected chi connectivity index (χ2v) is 24.1. The molecule has 40 nitrogen and oxygen atoms in total. The lowest BCUT2D eigenvalue weighted by molar-refractivity contribution is -0.745. The van der Waals surface area contributed by atoms with E-state index in [4.69, 9.17) is 49.7 Å². The number of imidazole rings is 3. The van der Waals surface area contributed by atoms with Gasteiger partial charge in [-0.3, -0.25) is 46.9 Å². The first kappa shape index (κ1) is 57.9. The number of nitrogen functional groups attached to an aromatic ring is 3. The quantitative estimate of drug-likeness (QED) is 0.0256. The Balaban J connectivity index is 0.894. The number of aliphatic hydroxyl groups is 3. The van der Waals surface area contributed by atoms with Gasteiger partial charge in [-0.1, -0.05) is 4.98 Å². The molecule has 0 radical (unpaired) electrons. The van der Waals surface area contributed by atoms with Crippen LogP contribution in [0.5, 0.6) is 0 Å². The highest BCUT2D eigenvalue weighted by Crippen LogP contribution is 2.68. The Morgan fingerprint density at radius 2 is 1.35 bits per heavy atom. The fourth-order valence-corrected chi connectivity index (χ4v) is 14.4. The number of H-pyrrole nitrogens is 2. The molecule has 6 aromatic heterocycles. The van der Waals surface area contributed by atoms with Crippen molar-refractivity contribution in [1.29, 1.82) is 0 Å².